The van der Waals surface area contributed by atoms with E-state index in [1.54, 1.807) is 7.05 Å². The first-order valence-electron chi connectivity index (χ1n) is 13.4. The minimum atomic E-state index is -4.55. The summed E-state index contributed by atoms with van der Waals surface area (Å²) < 4.78 is 27.8. The van der Waals surface area contributed by atoms with Crippen LogP contribution < -0.4 is 0 Å². The molecule has 3 amide bonds. The summed E-state index contributed by atoms with van der Waals surface area (Å²) in [7, 11) is -2.88. The molecule has 0 aromatic heterocycles. The van der Waals surface area contributed by atoms with Gasteiger partial charge in [0.25, 0.3) is 21.6 Å². The molecule has 0 unspecified atom stereocenters. The topological polar surface area (TPSA) is 145 Å². The number of urea groups is 1. The van der Waals surface area contributed by atoms with Gasteiger partial charge in [-0.15, -0.1) is 0 Å². The average molecular weight is 585 g/mol. The molecule has 0 saturated carbocycles. The quantitative estimate of drug-likeness (QED) is 0.318. The largest absolute Gasteiger partial charge is 0.322 e. The highest BCUT2D eigenvalue weighted by molar-refractivity contribution is 7.89. The lowest BCUT2D eigenvalue weighted by Gasteiger charge is -2.43. The molecule has 5 rings (SSSR count). The highest BCUT2D eigenvalue weighted by Gasteiger charge is 2.49. The van der Waals surface area contributed by atoms with Gasteiger partial charge in [-0.25, -0.2) is 17.5 Å². The number of fused-ring (bicyclic) bond motifs is 1. The zero-order valence-corrected chi connectivity index (χ0v) is 23.5. The maximum absolute atomic E-state index is 13.6. The molecular formula is C27H32N6O7S. The van der Waals surface area contributed by atoms with E-state index in [2.05, 4.69) is 0 Å². The van der Waals surface area contributed by atoms with E-state index in [9.17, 15) is 32.9 Å². The van der Waals surface area contributed by atoms with Gasteiger partial charge in [0.1, 0.15) is 0 Å². The first kappa shape index (κ1) is 28.6. The maximum Gasteiger partial charge on any atom is 0.322 e. The molecule has 2 aromatic carbocycles. The summed E-state index contributed by atoms with van der Waals surface area (Å²) in [5.41, 5.74) is 0.461. The van der Waals surface area contributed by atoms with Crippen LogP contribution in [-0.2, 0) is 26.2 Å². The number of sulfonamides is 1. The highest BCUT2D eigenvalue weighted by atomic mass is 32.2. The number of carbonyl (C=O) groups is 3. The third kappa shape index (κ3) is 5.80. The Morgan fingerprint density at radius 3 is 2.49 bits per heavy atom. The van der Waals surface area contributed by atoms with Crippen LogP contribution in [0, 0.1) is 10.1 Å². The lowest BCUT2D eigenvalue weighted by Crippen LogP contribution is -2.61. The van der Waals surface area contributed by atoms with Crippen LogP contribution in [0.1, 0.15) is 24.8 Å². The van der Waals surface area contributed by atoms with Gasteiger partial charge in [-0.1, -0.05) is 42.5 Å². The summed E-state index contributed by atoms with van der Waals surface area (Å²) in [6.07, 6.45) is 1.01. The summed E-state index contributed by atoms with van der Waals surface area (Å²) in [6, 6.07) is 13.1. The number of piperazine rings is 1. The van der Waals surface area contributed by atoms with E-state index < -0.39 is 43.5 Å². The summed E-state index contributed by atoms with van der Waals surface area (Å²) in [5, 5.41) is 11.5. The Bertz CT molecular complexity index is 1450. The second-order valence-corrected chi connectivity index (χ2v) is 12.5. The summed E-state index contributed by atoms with van der Waals surface area (Å²) in [5.74, 6) is -0.907. The first-order chi connectivity index (χ1) is 19.6. The van der Waals surface area contributed by atoms with Crippen LogP contribution in [0.4, 0.5) is 10.5 Å². The molecule has 3 fully saturated rings. The van der Waals surface area contributed by atoms with E-state index >= 15 is 0 Å². The molecule has 0 spiro atoms. The van der Waals surface area contributed by atoms with Crippen LogP contribution in [0.2, 0.25) is 0 Å². The number of nitro benzene ring substituents is 1. The molecule has 14 heteroatoms. The van der Waals surface area contributed by atoms with E-state index in [-0.39, 0.29) is 38.0 Å². The molecule has 218 valence electrons. The second-order valence-electron chi connectivity index (χ2n) is 10.7. The Hall–Kier alpha value is -3.88. The van der Waals surface area contributed by atoms with Crippen LogP contribution in [-0.4, -0.2) is 107 Å². The normalized spacial score (nSPS) is 22.2. The van der Waals surface area contributed by atoms with Gasteiger partial charge in [0.15, 0.2) is 10.7 Å². The molecule has 3 heterocycles. The van der Waals surface area contributed by atoms with Crippen molar-refractivity contribution in [2.24, 2.45) is 0 Å². The number of ketones is 1. The Labute approximate surface area is 238 Å². The molecule has 13 nitrogen and oxygen atoms in total. The number of amides is 3. The van der Waals surface area contributed by atoms with E-state index in [0.29, 0.717) is 36.9 Å². The number of hydrogen-bond acceptors (Lipinski definition) is 9. The van der Waals surface area contributed by atoms with E-state index in [1.807, 2.05) is 40.1 Å². The molecule has 0 radical (unpaired) electrons. The third-order valence-electron chi connectivity index (χ3n) is 7.76. The van der Waals surface area contributed by atoms with Crippen molar-refractivity contribution in [1.82, 2.24) is 23.9 Å². The van der Waals surface area contributed by atoms with Gasteiger partial charge >= 0.3 is 6.03 Å². The monoisotopic (exact) mass is 584 g/mol. The van der Waals surface area contributed by atoms with E-state index in [4.69, 9.17) is 0 Å². The van der Waals surface area contributed by atoms with Crippen molar-refractivity contribution in [2.45, 2.75) is 42.8 Å². The lowest BCUT2D eigenvalue weighted by atomic mass is 10.0. The van der Waals surface area contributed by atoms with Crippen molar-refractivity contribution in [2.75, 3.05) is 40.0 Å². The standard InChI is InChI=1S/C27H32N6O7S/c1-28-18-29(15-20-8-3-2-4-9-20)19-30(27(28)36)17-22(34)14-21-16-32(26(35)24-11-7-13-31(21)24)41(39,40)25-12-6-5-10-23(25)33(37)38/h2-6,8-10,12,21,24H,7,11,13-19H2,1H3/t21-,24+/m1/s1. The Morgan fingerprint density at radius 1 is 1.05 bits per heavy atom. The Balaban J connectivity index is 1.31. The smallest absolute Gasteiger partial charge is 0.315 e. The molecule has 3 aliphatic heterocycles. The van der Waals surface area contributed by atoms with Crippen LogP contribution in [0.3, 0.4) is 0 Å². The predicted octanol–water partition coefficient (Wildman–Crippen LogP) is 1.70. The Morgan fingerprint density at radius 2 is 1.76 bits per heavy atom. The minimum Gasteiger partial charge on any atom is -0.315 e. The van der Waals surface area contributed by atoms with Crippen molar-refractivity contribution in [3.63, 3.8) is 0 Å². The van der Waals surface area contributed by atoms with Gasteiger partial charge in [0, 0.05) is 32.1 Å². The maximum atomic E-state index is 13.6. The number of hydrogen-bond donors (Lipinski definition) is 0. The minimum absolute atomic E-state index is 0.0706. The summed E-state index contributed by atoms with van der Waals surface area (Å²) >= 11 is 0. The molecule has 3 aliphatic rings. The summed E-state index contributed by atoms with van der Waals surface area (Å²) in [6.45, 7) is 1.35. The van der Waals surface area contributed by atoms with Crippen molar-refractivity contribution in [3.05, 3.63) is 70.3 Å². The number of Topliss-reactive ketones (excluding diaryl/α,β-unsaturated/α-hetero) is 1. The molecule has 2 aromatic rings. The van der Waals surface area contributed by atoms with Crippen LogP contribution in [0.15, 0.2) is 59.5 Å². The van der Waals surface area contributed by atoms with Gasteiger partial charge in [-0.3, -0.25) is 29.5 Å². The van der Waals surface area contributed by atoms with Gasteiger partial charge in [0.05, 0.1) is 37.4 Å². The van der Waals surface area contributed by atoms with Crippen LogP contribution in [0.5, 0.6) is 0 Å². The third-order valence-corrected chi connectivity index (χ3v) is 9.57. The fourth-order valence-corrected chi connectivity index (χ4v) is 7.56. The number of benzene rings is 2. The van der Waals surface area contributed by atoms with Gasteiger partial charge in [0.2, 0.25) is 0 Å². The van der Waals surface area contributed by atoms with Crippen LogP contribution >= 0.6 is 0 Å². The van der Waals surface area contributed by atoms with Crippen molar-refractivity contribution >= 4 is 33.4 Å². The number of nitro groups is 1. The molecule has 0 N–H and O–H groups in total. The molecule has 41 heavy (non-hydrogen) atoms. The average Bonchev–Trinajstić information content (AvgIpc) is 3.44. The van der Waals surface area contributed by atoms with Crippen LogP contribution in [0.25, 0.3) is 0 Å². The molecule has 2 atom stereocenters. The van der Waals surface area contributed by atoms with Crippen molar-refractivity contribution < 1.29 is 27.7 Å². The number of rotatable bonds is 9. The van der Waals surface area contributed by atoms with E-state index in [0.717, 1.165) is 17.7 Å². The fraction of sp³-hybridized carbons (Fsp3) is 0.444. The zero-order chi connectivity index (χ0) is 29.3. The number of carbonyl (C=O) groups excluding carboxylic acids is 3. The van der Waals surface area contributed by atoms with Gasteiger partial charge < -0.3 is 9.80 Å². The first-order valence-corrected chi connectivity index (χ1v) is 14.8. The van der Waals surface area contributed by atoms with Gasteiger partial charge in [-0.2, -0.15) is 0 Å². The van der Waals surface area contributed by atoms with Gasteiger partial charge in [-0.05, 0) is 31.0 Å². The fourth-order valence-electron chi connectivity index (χ4n) is 5.93. The van der Waals surface area contributed by atoms with Crippen molar-refractivity contribution in [1.29, 1.82) is 0 Å². The zero-order valence-electron chi connectivity index (χ0n) is 22.7. The SMILES string of the molecule is CN1CN(Cc2ccccc2)CN(CC(=O)C[C@@H]2CN(S(=O)(=O)c3ccccc3[N+](=O)[O-])C(=O)[C@@H]3CCCN23)C1=O. The lowest BCUT2D eigenvalue weighted by molar-refractivity contribution is -0.387. The second kappa shape index (κ2) is 11.5. The number of nitrogens with zero attached hydrogens (tertiary/aromatic N) is 6. The van der Waals surface area contributed by atoms with Crippen molar-refractivity contribution in [3.8, 4) is 0 Å². The molecular weight excluding hydrogens is 552 g/mol. The number of para-hydroxylation sites is 1. The molecule has 0 aliphatic carbocycles. The Kier molecular flexibility index (Phi) is 8.07. The van der Waals surface area contributed by atoms with E-state index in [1.165, 1.54) is 21.9 Å². The summed E-state index contributed by atoms with van der Waals surface area (Å²) in [4.78, 5) is 56.6. The predicted molar refractivity (Wildman–Crippen MR) is 147 cm³/mol. The molecule has 0 bridgehead atoms. The molecule has 3 saturated heterocycles. The highest BCUT2D eigenvalue weighted by Crippen LogP contribution is 2.34.